The van der Waals surface area contributed by atoms with Crippen molar-refractivity contribution < 1.29 is 21.6 Å². The van der Waals surface area contributed by atoms with E-state index in [1.807, 2.05) is 12.1 Å². The van der Waals surface area contributed by atoms with E-state index in [1.165, 1.54) is 38.4 Å². The lowest BCUT2D eigenvalue weighted by molar-refractivity contribution is 0.152. The van der Waals surface area contributed by atoms with Gasteiger partial charge in [-0.3, -0.25) is 4.72 Å². The standard InChI is InChI=1S/C19H25N3O5S2/c1-21(2)29(25,26)17-10-8-16(9-11-17)28(23,24)20-18-6-3-4-7-19(18)22-12-5-14-27-15-13-22/h3-4,6-11,20H,5,12-15H2,1-2H3. The van der Waals surface area contributed by atoms with Gasteiger partial charge in [0.15, 0.2) is 0 Å². The second-order valence-corrected chi connectivity index (χ2v) is 10.7. The minimum absolute atomic E-state index is 0.00999. The van der Waals surface area contributed by atoms with Gasteiger partial charge >= 0.3 is 0 Å². The summed E-state index contributed by atoms with van der Waals surface area (Å²) < 4.78 is 59.3. The monoisotopic (exact) mass is 439 g/mol. The maximum absolute atomic E-state index is 12.9. The summed E-state index contributed by atoms with van der Waals surface area (Å²) in [5.74, 6) is 0. The fourth-order valence-corrected chi connectivity index (χ4v) is 5.00. The van der Waals surface area contributed by atoms with Crippen molar-refractivity contribution in [3.8, 4) is 0 Å². The van der Waals surface area contributed by atoms with Crippen LogP contribution < -0.4 is 9.62 Å². The molecule has 8 nitrogen and oxygen atoms in total. The molecule has 0 saturated carbocycles. The third-order valence-electron chi connectivity index (χ3n) is 4.62. The molecular weight excluding hydrogens is 414 g/mol. The highest BCUT2D eigenvalue weighted by atomic mass is 32.2. The van der Waals surface area contributed by atoms with Gasteiger partial charge in [-0.05, 0) is 42.8 Å². The van der Waals surface area contributed by atoms with Crippen LogP contribution in [0.4, 0.5) is 11.4 Å². The third kappa shape index (κ3) is 4.89. The van der Waals surface area contributed by atoms with E-state index in [1.54, 1.807) is 12.1 Å². The van der Waals surface area contributed by atoms with Gasteiger partial charge in [-0.2, -0.15) is 0 Å². The maximum atomic E-state index is 12.9. The number of sulfonamides is 2. The zero-order chi connectivity index (χ0) is 21.1. The molecule has 0 bridgehead atoms. The average molecular weight is 440 g/mol. The van der Waals surface area contributed by atoms with Crippen molar-refractivity contribution in [1.82, 2.24) is 4.31 Å². The van der Waals surface area contributed by atoms with Crippen molar-refractivity contribution >= 4 is 31.4 Å². The summed E-state index contributed by atoms with van der Waals surface area (Å²) in [7, 11) is -4.66. The Bertz CT molecular complexity index is 1040. The van der Waals surface area contributed by atoms with Gasteiger partial charge in [0.05, 0.1) is 27.8 Å². The topological polar surface area (TPSA) is 96.0 Å². The van der Waals surface area contributed by atoms with E-state index in [2.05, 4.69) is 9.62 Å². The lowest BCUT2D eigenvalue weighted by Gasteiger charge is -2.25. The molecule has 1 fully saturated rings. The van der Waals surface area contributed by atoms with Crippen molar-refractivity contribution in [2.24, 2.45) is 0 Å². The van der Waals surface area contributed by atoms with Crippen molar-refractivity contribution in [2.75, 3.05) is 50.0 Å². The molecule has 1 aliphatic heterocycles. The molecule has 2 aromatic rings. The smallest absolute Gasteiger partial charge is 0.261 e. The molecule has 0 atom stereocenters. The number of ether oxygens (including phenoxy) is 1. The highest BCUT2D eigenvalue weighted by Gasteiger charge is 2.21. The maximum Gasteiger partial charge on any atom is 0.261 e. The average Bonchev–Trinajstić information content (AvgIpc) is 2.97. The van der Waals surface area contributed by atoms with Gasteiger partial charge in [0, 0.05) is 33.8 Å². The lowest BCUT2D eigenvalue weighted by Crippen LogP contribution is -2.27. The molecule has 0 radical (unpaired) electrons. The van der Waals surface area contributed by atoms with Gasteiger partial charge in [0.2, 0.25) is 10.0 Å². The molecule has 1 aliphatic rings. The second kappa shape index (κ2) is 8.70. The van der Waals surface area contributed by atoms with E-state index in [0.29, 0.717) is 25.4 Å². The fraction of sp³-hybridized carbons (Fsp3) is 0.368. The Morgan fingerprint density at radius 3 is 2.24 bits per heavy atom. The first-order valence-corrected chi connectivity index (χ1v) is 12.1. The van der Waals surface area contributed by atoms with E-state index >= 15 is 0 Å². The van der Waals surface area contributed by atoms with Crippen LogP contribution in [-0.4, -0.2) is 61.5 Å². The molecule has 29 heavy (non-hydrogen) atoms. The van der Waals surface area contributed by atoms with E-state index < -0.39 is 20.0 Å². The molecule has 1 N–H and O–H groups in total. The van der Waals surface area contributed by atoms with Gasteiger partial charge in [-0.15, -0.1) is 0 Å². The molecule has 0 amide bonds. The zero-order valence-corrected chi connectivity index (χ0v) is 18.0. The number of nitrogens with zero attached hydrogens (tertiary/aromatic N) is 2. The van der Waals surface area contributed by atoms with Crippen LogP contribution in [0.5, 0.6) is 0 Å². The highest BCUT2D eigenvalue weighted by molar-refractivity contribution is 7.92. The summed E-state index contributed by atoms with van der Waals surface area (Å²) in [6, 6.07) is 12.4. The number of benzene rings is 2. The van der Waals surface area contributed by atoms with Gasteiger partial charge in [0.1, 0.15) is 0 Å². The van der Waals surface area contributed by atoms with Crippen LogP contribution in [0.3, 0.4) is 0 Å². The molecule has 0 unspecified atom stereocenters. The molecule has 3 rings (SSSR count). The summed E-state index contributed by atoms with van der Waals surface area (Å²) >= 11 is 0. The van der Waals surface area contributed by atoms with Crippen LogP contribution in [0.25, 0.3) is 0 Å². The van der Waals surface area contributed by atoms with Crippen LogP contribution >= 0.6 is 0 Å². The van der Waals surface area contributed by atoms with Crippen LogP contribution in [-0.2, 0) is 24.8 Å². The Hall–Kier alpha value is -2.14. The minimum atomic E-state index is -3.88. The molecule has 0 aromatic heterocycles. The van der Waals surface area contributed by atoms with Crippen LogP contribution in [0.2, 0.25) is 0 Å². The van der Waals surface area contributed by atoms with Gasteiger partial charge < -0.3 is 9.64 Å². The van der Waals surface area contributed by atoms with E-state index in [4.69, 9.17) is 4.74 Å². The first-order chi connectivity index (χ1) is 13.7. The predicted molar refractivity (Wildman–Crippen MR) is 112 cm³/mol. The van der Waals surface area contributed by atoms with Crippen LogP contribution in [0, 0.1) is 0 Å². The molecule has 10 heteroatoms. The summed E-state index contributed by atoms with van der Waals surface area (Å²) in [4.78, 5) is 2.12. The fourth-order valence-electron chi connectivity index (χ4n) is 3.03. The zero-order valence-electron chi connectivity index (χ0n) is 16.4. The number of nitrogens with one attached hydrogen (secondary N) is 1. The molecule has 1 saturated heterocycles. The number of hydrogen-bond donors (Lipinski definition) is 1. The molecule has 0 spiro atoms. The first-order valence-electron chi connectivity index (χ1n) is 9.19. The summed E-state index contributed by atoms with van der Waals surface area (Å²) in [6.07, 6.45) is 0.864. The van der Waals surface area contributed by atoms with Crippen LogP contribution in [0.1, 0.15) is 6.42 Å². The van der Waals surface area contributed by atoms with Crippen LogP contribution in [0.15, 0.2) is 58.3 Å². The molecule has 2 aromatic carbocycles. The Morgan fingerprint density at radius 2 is 1.55 bits per heavy atom. The summed E-state index contributed by atoms with van der Waals surface area (Å²) in [6.45, 7) is 2.72. The Labute approximate surface area is 172 Å². The SMILES string of the molecule is CN(C)S(=O)(=O)c1ccc(S(=O)(=O)Nc2ccccc2N2CCCOCC2)cc1. The number of anilines is 2. The van der Waals surface area contributed by atoms with Crippen molar-refractivity contribution in [3.63, 3.8) is 0 Å². The normalized spacial score (nSPS) is 15.9. The number of rotatable bonds is 6. The van der Waals surface area contributed by atoms with Crippen molar-refractivity contribution in [1.29, 1.82) is 0 Å². The lowest BCUT2D eigenvalue weighted by atomic mass is 10.2. The molecule has 0 aliphatic carbocycles. The Balaban J connectivity index is 1.87. The number of para-hydroxylation sites is 2. The van der Waals surface area contributed by atoms with Crippen molar-refractivity contribution in [2.45, 2.75) is 16.2 Å². The van der Waals surface area contributed by atoms with Gasteiger partial charge in [-0.25, -0.2) is 21.1 Å². The van der Waals surface area contributed by atoms with E-state index in [-0.39, 0.29) is 9.79 Å². The minimum Gasteiger partial charge on any atom is -0.380 e. The summed E-state index contributed by atoms with van der Waals surface area (Å²) in [5.41, 5.74) is 1.26. The summed E-state index contributed by atoms with van der Waals surface area (Å²) in [5, 5.41) is 0. The highest BCUT2D eigenvalue weighted by Crippen LogP contribution is 2.29. The Kier molecular flexibility index (Phi) is 6.47. The second-order valence-electron chi connectivity index (χ2n) is 6.83. The number of hydrogen-bond acceptors (Lipinski definition) is 6. The van der Waals surface area contributed by atoms with E-state index in [9.17, 15) is 16.8 Å². The molecule has 1 heterocycles. The first kappa shape index (κ1) is 21.6. The molecular formula is C19H25N3O5S2. The Morgan fingerprint density at radius 1 is 0.897 bits per heavy atom. The predicted octanol–water partition coefficient (Wildman–Crippen LogP) is 1.96. The third-order valence-corrected chi connectivity index (χ3v) is 7.83. The van der Waals surface area contributed by atoms with Gasteiger partial charge in [-0.1, -0.05) is 12.1 Å². The largest absolute Gasteiger partial charge is 0.380 e. The van der Waals surface area contributed by atoms with E-state index in [0.717, 1.165) is 23.0 Å². The van der Waals surface area contributed by atoms with Gasteiger partial charge in [0.25, 0.3) is 10.0 Å². The molecule has 158 valence electrons. The van der Waals surface area contributed by atoms with Crippen molar-refractivity contribution in [3.05, 3.63) is 48.5 Å². The quantitative estimate of drug-likeness (QED) is 0.739.